The molecule has 0 bridgehead atoms. The first kappa shape index (κ1) is 22.2. The Bertz CT molecular complexity index is 683. The van der Waals surface area contributed by atoms with Crippen LogP contribution in [0.1, 0.15) is 32.3 Å². The lowest BCUT2D eigenvalue weighted by Gasteiger charge is -2.37. The van der Waals surface area contributed by atoms with E-state index in [1.807, 2.05) is 19.6 Å². The smallest absolute Gasteiger partial charge is 0.380 e. The van der Waals surface area contributed by atoms with Crippen molar-refractivity contribution in [3.05, 3.63) is 34.1 Å². The highest BCUT2D eigenvalue weighted by Crippen LogP contribution is 2.44. The van der Waals surface area contributed by atoms with Gasteiger partial charge in [-0.25, -0.2) is 4.39 Å². The van der Waals surface area contributed by atoms with Gasteiger partial charge in [-0.2, -0.15) is 13.2 Å². The average Bonchev–Trinajstić information content (AvgIpc) is 2.34. The van der Waals surface area contributed by atoms with Gasteiger partial charge in [0, 0.05) is 10.9 Å². The molecule has 0 fully saturated rings. The van der Waals surface area contributed by atoms with Gasteiger partial charge in [0.05, 0.1) is 0 Å². The maximum Gasteiger partial charge on any atom is 0.418 e. The van der Waals surface area contributed by atoms with E-state index in [4.69, 9.17) is 0 Å². The lowest BCUT2D eigenvalue weighted by atomic mass is 9.74. The molecule has 1 rings (SSSR count). The van der Waals surface area contributed by atoms with Crippen LogP contribution in [-0.4, -0.2) is 25.0 Å². The highest BCUT2D eigenvalue weighted by Gasteiger charge is 2.55. The van der Waals surface area contributed by atoms with Crippen LogP contribution < -0.4 is 0 Å². The van der Waals surface area contributed by atoms with Crippen molar-refractivity contribution in [1.82, 2.24) is 0 Å². The standard InChI is InChI=1S/C18H23BrF4OSi/c1-16(2,14-8-7-13(20)11-15(14)19)12-17(24,18(21,22)23)9-6-10-25(3,4)5/h7-8,11,24H,9,12H2,1-5H3. The molecule has 0 aliphatic carbocycles. The van der Waals surface area contributed by atoms with Crippen LogP contribution in [0.2, 0.25) is 19.6 Å². The SMILES string of the molecule is CC(C)(CC(O)(CC#C[Si](C)(C)C)C(F)(F)F)c1ccc(F)cc1Br. The topological polar surface area (TPSA) is 20.2 Å². The molecule has 140 valence electrons. The maximum atomic E-state index is 13.6. The largest absolute Gasteiger partial charge is 0.418 e. The van der Waals surface area contributed by atoms with Crippen LogP contribution in [-0.2, 0) is 5.41 Å². The second kappa shape index (κ2) is 7.41. The number of rotatable bonds is 4. The van der Waals surface area contributed by atoms with E-state index in [-0.39, 0.29) is 0 Å². The fraction of sp³-hybridized carbons (Fsp3) is 0.556. The van der Waals surface area contributed by atoms with Crippen LogP contribution in [0, 0.1) is 17.3 Å². The first-order valence-electron chi connectivity index (χ1n) is 7.82. The first-order chi connectivity index (χ1) is 11.1. The first-order valence-corrected chi connectivity index (χ1v) is 12.1. The third kappa shape index (κ3) is 6.12. The van der Waals surface area contributed by atoms with Gasteiger partial charge >= 0.3 is 6.18 Å². The van der Waals surface area contributed by atoms with Crippen LogP contribution in [0.4, 0.5) is 17.6 Å². The predicted molar refractivity (Wildman–Crippen MR) is 98.5 cm³/mol. The van der Waals surface area contributed by atoms with Gasteiger partial charge in [-0.05, 0) is 29.5 Å². The van der Waals surface area contributed by atoms with Crippen LogP contribution in [0.15, 0.2) is 22.7 Å². The highest BCUT2D eigenvalue weighted by atomic mass is 79.9. The molecule has 0 heterocycles. The van der Waals surface area contributed by atoms with Gasteiger partial charge in [0.15, 0.2) is 5.60 Å². The van der Waals surface area contributed by atoms with Gasteiger partial charge in [0.25, 0.3) is 0 Å². The molecule has 0 spiro atoms. The van der Waals surface area contributed by atoms with Gasteiger partial charge in [0.1, 0.15) is 13.9 Å². The van der Waals surface area contributed by atoms with E-state index in [0.29, 0.717) is 10.0 Å². The zero-order valence-electron chi connectivity index (χ0n) is 15.0. The molecule has 1 atom stereocenters. The minimum absolute atomic E-state index is 0.371. The number of benzene rings is 1. The molecule has 0 aliphatic heterocycles. The van der Waals surface area contributed by atoms with Crippen LogP contribution in [0.5, 0.6) is 0 Å². The zero-order valence-corrected chi connectivity index (χ0v) is 17.6. The number of hydrogen-bond acceptors (Lipinski definition) is 1. The second-order valence-electron chi connectivity index (χ2n) is 7.94. The van der Waals surface area contributed by atoms with E-state index in [1.165, 1.54) is 18.2 Å². The number of halogens is 5. The molecule has 1 aromatic carbocycles. The fourth-order valence-corrected chi connectivity index (χ4v) is 4.09. The van der Waals surface area contributed by atoms with E-state index < -0.39 is 43.9 Å². The summed E-state index contributed by atoms with van der Waals surface area (Å²) in [5, 5.41) is 10.4. The summed E-state index contributed by atoms with van der Waals surface area (Å²) in [4.78, 5) is 0. The molecule has 1 unspecified atom stereocenters. The Balaban J connectivity index is 3.22. The normalized spacial score (nSPS) is 15.3. The summed E-state index contributed by atoms with van der Waals surface area (Å²) < 4.78 is 54.3. The molecule has 0 radical (unpaired) electrons. The van der Waals surface area contributed by atoms with Crippen molar-refractivity contribution >= 4 is 24.0 Å². The predicted octanol–water partition coefficient (Wildman–Crippen LogP) is 5.82. The van der Waals surface area contributed by atoms with Gasteiger partial charge < -0.3 is 5.11 Å². The second-order valence-corrected chi connectivity index (χ2v) is 13.5. The van der Waals surface area contributed by atoms with E-state index in [9.17, 15) is 22.7 Å². The van der Waals surface area contributed by atoms with Crippen LogP contribution in [0.3, 0.4) is 0 Å². The molecule has 0 amide bonds. The molecule has 25 heavy (non-hydrogen) atoms. The summed E-state index contributed by atoms with van der Waals surface area (Å²) in [6.07, 6.45) is -6.07. The van der Waals surface area contributed by atoms with Gasteiger partial charge in [0.2, 0.25) is 0 Å². The molecular formula is C18H23BrF4OSi. The third-order valence-corrected chi connectivity index (χ3v) is 5.35. The van der Waals surface area contributed by atoms with Crippen LogP contribution >= 0.6 is 15.9 Å². The molecule has 0 saturated heterocycles. The van der Waals surface area contributed by atoms with E-state index >= 15 is 0 Å². The summed E-state index contributed by atoms with van der Waals surface area (Å²) in [6.45, 7) is 8.95. The summed E-state index contributed by atoms with van der Waals surface area (Å²) in [5.74, 6) is 2.05. The fourth-order valence-electron chi connectivity index (χ4n) is 2.58. The number of alkyl halides is 3. The maximum absolute atomic E-state index is 13.6. The minimum atomic E-state index is -4.81. The van der Waals surface area contributed by atoms with Crippen LogP contribution in [0.25, 0.3) is 0 Å². The van der Waals surface area contributed by atoms with Crippen molar-refractivity contribution in [2.24, 2.45) is 0 Å². The van der Waals surface area contributed by atoms with Crippen molar-refractivity contribution in [3.63, 3.8) is 0 Å². The average molecular weight is 439 g/mol. The van der Waals surface area contributed by atoms with Crippen molar-refractivity contribution in [3.8, 4) is 11.5 Å². The van der Waals surface area contributed by atoms with E-state index in [1.54, 1.807) is 13.8 Å². The Morgan fingerprint density at radius 1 is 1.16 bits per heavy atom. The Labute approximate surface area is 156 Å². The van der Waals surface area contributed by atoms with Gasteiger partial charge in [-0.15, -0.1) is 11.5 Å². The lowest BCUT2D eigenvalue weighted by Crippen LogP contribution is -2.49. The molecule has 0 aromatic heterocycles. The zero-order chi connectivity index (χ0) is 19.7. The van der Waals surface area contributed by atoms with Crippen molar-refractivity contribution in [2.75, 3.05) is 0 Å². The van der Waals surface area contributed by atoms with Gasteiger partial charge in [-0.3, -0.25) is 0 Å². The Morgan fingerprint density at radius 2 is 1.72 bits per heavy atom. The molecule has 1 N–H and O–H groups in total. The van der Waals surface area contributed by atoms with E-state index in [0.717, 1.165) is 0 Å². The summed E-state index contributed by atoms with van der Waals surface area (Å²) in [5.41, 5.74) is -0.618. The quantitative estimate of drug-likeness (QED) is 0.356. The summed E-state index contributed by atoms with van der Waals surface area (Å²) in [7, 11) is -1.84. The molecule has 1 aromatic rings. The molecule has 0 saturated carbocycles. The third-order valence-electron chi connectivity index (χ3n) is 3.77. The lowest BCUT2D eigenvalue weighted by molar-refractivity contribution is -0.264. The Kier molecular flexibility index (Phi) is 6.58. The van der Waals surface area contributed by atoms with Crippen molar-refractivity contribution in [1.29, 1.82) is 0 Å². The summed E-state index contributed by atoms with van der Waals surface area (Å²) >= 11 is 3.19. The molecular weight excluding hydrogens is 416 g/mol. The molecule has 7 heteroatoms. The Hall–Kier alpha value is -0.843. The van der Waals surface area contributed by atoms with Crippen molar-refractivity contribution in [2.45, 2.75) is 63.5 Å². The summed E-state index contributed by atoms with van der Waals surface area (Å²) in [6, 6.07) is 3.83. The molecule has 0 aliphatic rings. The monoisotopic (exact) mass is 438 g/mol. The minimum Gasteiger partial charge on any atom is -0.380 e. The Morgan fingerprint density at radius 3 is 2.16 bits per heavy atom. The highest BCUT2D eigenvalue weighted by molar-refractivity contribution is 9.10. The van der Waals surface area contributed by atoms with Gasteiger partial charge in [-0.1, -0.05) is 55.5 Å². The molecule has 1 nitrogen and oxygen atoms in total. The number of aliphatic hydroxyl groups is 1. The van der Waals surface area contributed by atoms with Crippen molar-refractivity contribution < 1.29 is 22.7 Å². The van der Waals surface area contributed by atoms with E-state index in [2.05, 4.69) is 27.4 Å². The number of hydrogen-bond donors (Lipinski definition) is 1.